The summed E-state index contributed by atoms with van der Waals surface area (Å²) >= 11 is 0. The summed E-state index contributed by atoms with van der Waals surface area (Å²) in [6.07, 6.45) is 11.5. The Bertz CT molecular complexity index is 136. The summed E-state index contributed by atoms with van der Waals surface area (Å²) in [4.78, 5) is 5.36. The van der Waals surface area contributed by atoms with Crippen molar-refractivity contribution >= 4 is 0 Å². The van der Waals surface area contributed by atoms with Crippen molar-refractivity contribution in [3.63, 3.8) is 0 Å². The van der Waals surface area contributed by atoms with Gasteiger partial charge in [-0.15, -0.1) is 0 Å². The molecule has 0 amide bonds. The van der Waals surface area contributed by atoms with E-state index in [-0.39, 0.29) is 0 Å². The Kier molecular flexibility index (Phi) is 4.94. The van der Waals surface area contributed by atoms with Crippen LogP contribution in [0.5, 0.6) is 0 Å². The van der Waals surface area contributed by atoms with Gasteiger partial charge in [-0.2, -0.15) is 0 Å². The third-order valence-corrected chi connectivity index (χ3v) is 3.80. The molecule has 0 atom stereocenters. The highest BCUT2D eigenvalue weighted by molar-refractivity contribution is 4.67. The predicted octanol–water partition coefficient (Wildman–Crippen LogP) is 2.70. The van der Waals surface area contributed by atoms with Crippen LogP contribution < -0.4 is 0 Å². The van der Waals surface area contributed by atoms with Crippen LogP contribution in [-0.2, 0) is 0 Å². The van der Waals surface area contributed by atoms with Crippen LogP contribution in [0.25, 0.3) is 0 Å². The predicted molar refractivity (Wildman–Crippen MR) is 64.9 cm³/mol. The van der Waals surface area contributed by atoms with Crippen LogP contribution in [0.15, 0.2) is 0 Å². The highest BCUT2D eigenvalue weighted by Crippen LogP contribution is 2.13. The topological polar surface area (TPSA) is 6.48 Å². The van der Waals surface area contributed by atoms with Gasteiger partial charge in [0.05, 0.1) is 6.67 Å². The molecular formula is C13H26N2. The highest BCUT2D eigenvalue weighted by Gasteiger charge is 2.14. The van der Waals surface area contributed by atoms with E-state index in [1.165, 1.54) is 84.2 Å². The second-order valence-corrected chi connectivity index (χ2v) is 5.21. The first-order valence-corrected chi connectivity index (χ1v) is 6.90. The van der Waals surface area contributed by atoms with Crippen LogP contribution in [0, 0.1) is 0 Å². The summed E-state index contributed by atoms with van der Waals surface area (Å²) in [5.41, 5.74) is 0. The monoisotopic (exact) mass is 210 g/mol. The summed E-state index contributed by atoms with van der Waals surface area (Å²) in [7, 11) is 0. The number of hydrogen-bond acceptors (Lipinski definition) is 2. The molecule has 0 saturated carbocycles. The molecule has 2 aliphatic rings. The first-order valence-electron chi connectivity index (χ1n) is 6.90. The average Bonchev–Trinajstić information content (AvgIpc) is 2.63. The summed E-state index contributed by atoms with van der Waals surface area (Å²) in [5, 5.41) is 0. The third-order valence-electron chi connectivity index (χ3n) is 3.80. The van der Waals surface area contributed by atoms with Crippen LogP contribution in [0.2, 0.25) is 0 Å². The summed E-state index contributed by atoms with van der Waals surface area (Å²) in [6, 6.07) is 0. The van der Waals surface area contributed by atoms with Gasteiger partial charge < -0.3 is 0 Å². The molecule has 0 bridgehead atoms. The van der Waals surface area contributed by atoms with E-state index in [0.717, 1.165) is 0 Å². The molecule has 2 aliphatic heterocycles. The van der Waals surface area contributed by atoms with E-state index in [0.29, 0.717) is 0 Å². The standard InChI is InChI=1S/C13H26N2/c1-2-6-10-14(9-5-1)13-15-11-7-3-4-8-12-15/h1-13H2. The van der Waals surface area contributed by atoms with E-state index in [2.05, 4.69) is 9.80 Å². The van der Waals surface area contributed by atoms with Crippen molar-refractivity contribution in [2.75, 3.05) is 32.8 Å². The normalized spacial score (nSPS) is 27.2. The average molecular weight is 210 g/mol. The van der Waals surface area contributed by atoms with Crippen molar-refractivity contribution < 1.29 is 0 Å². The molecular weight excluding hydrogens is 184 g/mol. The van der Waals surface area contributed by atoms with E-state index in [4.69, 9.17) is 0 Å². The van der Waals surface area contributed by atoms with Crippen LogP contribution >= 0.6 is 0 Å². The van der Waals surface area contributed by atoms with Crippen molar-refractivity contribution in [1.29, 1.82) is 0 Å². The maximum atomic E-state index is 2.68. The number of hydrogen-bond donors (Lipinski definition) is 0. The quantitative estimate of drug-likeness (QED) is 0.691. The lowest BCUT2D eigenvalue weighted by atomic mass is 10.2. The van der Waals surface area contributed by atoms with Crippen molar-refractivity contribution in [3.05, 3.63) is 0 Å². The van der Waals surface area contributed by atoms with Gasteiger partial charge >= 0.3 is 0 Å². The van der Waals surface area contributed by atoms with Gasteiger partial charge in [0, 0.05) is 0 Å². The number of likely N-dealkylation sites (tertiary alicyclic amines) is 2. The maximum Gasteiger partial charge on any atom is 0.0506 e. The van der Waals surface area contributed by atoms with E-state index in [1.807, 2.05) is 0 Å². The van der Waals surface area contributed by atoms with Crippen molar-refractivity contribution in [2.45, 2.75) is 51.4 Å². The molecule has 0 spiro atoms. The Morgan fingerprint density at radius 1 is 0.467 bits per heavy atom. The first-order chi connectivity index (χ1) is 7.45. The van der Waals surface area contributed by atoms with E-state index < -0.39 is 0 Å². The minimum atomic E-state index is 1.25. The second-order valence-electron chi connectivity index (χ2n) is 5.21. The Morgan fingerprint density at radius 3 is 1.13 bits per heavy atom. The lowest BCUT2D eigenvalue weighted by Gasteiger charge is -2.28. The maximum absolute atomic E-state index is 2.68. The van der Waals surface area contributed by atoms with Gasteiger partial charge in [0.1, 0.15) is 0 Å². The van der Waals surface area contributed by atoms with Gasteiger partial charge in [0.25, 0.3) is 0 Å². The van der Waals surface area contributed by atoms with Gasteiger partial charge in [0.15, 0.2) is 0 Å². The number of rotatable bonds is 2. The molecule has 15 heavy (non-hydrogen) atoms. The van der Waals surface area contributed by atoms with Crippen molar-refractivity contribution in [1.82, 2.24) is 9.80 Å². The smallest absolute Gasteiger partial charge is 0.0506 e. The fourth-order valence-electron chi connectivity index (χ4n) is 2.84. The molecule has 0 aromatic rings. The summed E-state index contributed by atoms with van der Waals surface area (Å²) in [5.74, 6) is 0. The molecule has 0 aliphatic carbocycles. The van der Waals surface area contributed by atoms with Crippen LogP contribution in [-0.4, -0.2) is 42.6 Å². The van der Waals surface area contributed by atoms with Gasteiger partial charge in [-0.05, 0) is 51.9 Å². The molecule has 0 N–H and O–H groups in total. The fourth-order valence-corrected chi connectivity index (χ4v) is 2.84. The molecule has 0 unspecified atom stereocenters. The minimum Gasteiger partial charge on any atom is -0.290 e. The zero-order valence-electron chi connectivity index (χ0n) is 10.1. The SMILES string of the molecule is C1CCCN(CN2CCCCCC2)CC1. The fraction of sp³-hybridized carbons (Fsp3) is 1.00. The zero-order valence-corrected chi connectivity index (χ0v) is 10.1. The van der Waals surface area contributed by atoms with Crippen LogP contribution in [0.4, 0.5) is 0 Å². The second kappa shape index (κ2) is 6.49. The summed E-state index contributed by atoms with van der Waals surface area (Å²) in [6.45, 7) is 6.62. The number of nitrogens with zero attached hydrogens (tertiary/aromatic N) is 2. The summed E-state index contributed by atoms with van der Waals surface area (Å²) < 4.78 is 0. The molecule has 2 fully saturated rings. The van der Waals surface area contributed by atoms with Crippen molar-refractivity contribution in [3.8, 4) is 0 Å². The highest BCUT2D eigenvalue weighted by atomic mass is 15.3. The minimum absolute atomic E-state index is 1.25. The lowest BCUT2D eigenvalue weighted by Crippen LogP contribution is -2.38. The zero-order chi connectivity index (χ0) is 10.3. The van der Waals surface area contributed by atoms with Gasteiger partial charge in [-0.3, -0.25) is 9.80 Å². The Balaban J connectivity index is 1.73. The molecule has 2 rings (SSSR count). The first kappa shape index (κ1) is 11.4. The molecule has 2 heteroatoms. The lowest BCUT2D eigenvalue weighted by molar-refractivity contribution is 0.138. The van der Waals surface area contributed by atoms with Gasteiger partial charge in [-0.25, -0.2) is 0 Å². The Morgan fingerprint density at radius 2 is 0.800 bits per heavy atom. The van der Waals surface area contributed by atoms with E-state index >= 15 is 0 Å². The molecule has 2 saturated heterocycles. The molecule has 0 aromatic carbocycles. The third kappa shape index (κ3) is 4.12. The van der Waals surface area contributed by atoms with Gasteiger partial charge in [-0.1, -0.05) is 25.7 Å². The van der Waals surface area contributed by atoms with Crippen molar-refractivity contribution in [2.24, 2.45) is 0 Å². The Labute approximate surface area is 94.6 Å². The largest absolute Gasteiger partial charge is 0.290 e. The van der Waals surface area contributed by atoms with Gasteiger partial charge in [0.2, 0.25) is 0 Å². The molecule has 0 aromatic heterocycles. The molecule has 88 valence electrons. The molecule has 0 radical (unpaired) electrons. The van der Waals surface area contributed by atoms with Crippen LogP contribution in [0.1, 0.15) is 51.4 Å². The Hall–Kier alpha value is -0.0800. The van der Waals surface area contributed by atoms with E-state index in [9.17, 15) is 0 Å². The molecule has 2 heterocycles. The van der Waals surface area contributed by atoms with Crippen LogP contribution in [0.3, 0.4) is 0 Å². The molecule has 2 nitrogen and oxygen atoms in total. The van der Waals surface area contributed by atoms with E-state index in [1.54, 1.807) is 0 Å².